The molecule has 3 N–H and O–H groups in total. The van der Waals surface area contributed by atoms with Crippen molar-refractivity contribution in [1.29, 1.82) is 0 Å². The first-order valence-electron chi connectivity index (χ1n) is 6.14. The molecule has 1 aliphatic carbocycles. The number of nitrogens with zero attached hydrogens (tertiary/aromatic N) is 2. The van der Waals surface area contributed by atoms with Crippen molar-refractivity contribution in [2.45, 2.75) is 31.8 Å². The third kappa shape index (κ3) is 3.89. The summed E-state index contributed by atoms with van der Waals surface area (Å²) in [6.07, 6.45) is 3.08. The summed E-state index contributed by atoms with van der Waals surface area (Å²) in [5.74, 6) is 0.289. The van der Waals surface area contributed by atoms with Crippen molar-refractivity contribution in [1.82, 2.24) is 4.90 Å². The van der Waals surface area contributed by atoms with E-state index >= 15 is 0 Å². The number of oxime groups is 1. The number of amidine groups is 1. The Balaban J connectivity index is 1.92. The lowest BCUT2D eigenvalue weighted by atomic mass is 10.2. The summed E-state index contributed by atoms with van der Waals surface area (Å²) in [6.45, 7) is 1.71. The topological polar surface area (TPSA) is 61.8 Å². The van der Waals surface area contributed by atoms with Crippen LogP contribution in [-0.2, 0) is 6.54 Å². The minimum atomic E-state index is 0.289. The maximum atomic E-state index is 8.55. The van der Waals surface area contributed by atoms with E-state index in [9.17, 15) is 0 Å². The number of benzene rings is 1. The van der Waals surface area contributed by atoms with Crippen LogP contribution in [0, 0.1) is 0 Å². The van der Waals surface area contributed by atoms with Gasteiger partial charge in [-0.3, -0.25) is 4.90 Å². The lowest BCUT2D eigenvalue weighted by Crippen LogP contribution is -2.29. The molecule has 0 atom stereocenters. The fourth-order valence-corrected chi connectivity index (χ4v) is 2.09. The Morgan fingerprint density at radius 1 is 1.39 bits per heavy atom. The predicted octanol–water partition coefficient (Wildman–Crippen LogP) is 2.44. The predicted molar refractivity (Wildman–Crippen MR) is 72.9 cm³/mol. The van der Waals surface area contributed by atoms with Gasteiger partial charge in [-0.1, -0.05) is 28.9 Å². The smallest absolute Gasteiger partial charge is 0.140 e. The highest BCUT2D eigenvalue weighted by Gasteiger charge is 2.28. The van der Waals surface area contributed by atoms with Crippen molar-refractivity contribution in [2.75, 3.05) is 6.54 Å². The lowest BCUT2D eigenvalue weighted by molar-refractivity contribution is 0.259. The molecular formula is C13H18ClN3O. The molecule has 1 saturated carbocycles. The zero-order valence-corrected chi connectivity index (χ0v) is 11.0. The molecule has 1 aliphatic rings. The molecule has 0 aliphatic heterocycles. The van der Waals surface area contributed by atoms with E-state index in [0.717, 1.165) is 18.1 Å². The van der Waals surface area contributed by atoms with Gasteiger partial charge in [-0.15, -0.1) is 0 Å². The minimum Gasteiger partial charge on any atom is -0.409 e. The van der Waals surface area contributed by atoms with Crippen molar-refractivity contribution in [3.8, 4) is 0 Å². The Bertz CT molecular complexity index is 415. The molecule has 0 unspecified atom stereocenters. The van der Waals surface area contributed by atoms with Gasteiger partial charge in [0.05, 0.1) is 0 Å². The van der Waals surface area contributed by atoms with E-state index in [1.807, 2.05) is 24.3 Å². The summed E-state index contributed by atoms with van der Waals surface area (Å²) in [5.41, 5.74) is 6.75. The van der Waals surface area contributed by atoms with Crippen molar-refractivity contribution in [2.24, 2.45) is 10.9 Å². The molecule has 1 aromatic rings. The third-order valence-electron chi connectivity index (χ3n) is 3.15. The first kappa shape index (κ1) is 13.2. The van der Waals surface area contributed by atoms with Crippen LogP contribution >= 0.6 is 11.6 Å². The second-order valence-electron chi connectivity index (χ2n) is 4.67. The number of hydrogen-bond acceptors (Lipinski definition) is 3. The Morgan fingerprint density at radius 2 is 2.06 bits per heavy atom. The average molecular weight is 268 g/mol. The number of rotatable bonds is 6. The van der Waals surface area contributed by atoms with E-state index in [1.165, 1.54) is 18.4 Å². The number of hydrogen-bond donors (Lipinski definition) is 2. The molecule has 18 heavy (non-hydrogen) atoms. The SMILES string of the molecule is NC(CCN(Cc1ccc(Cl)cc1)C1CC1)=NO. The molecule has 0 amide bonds. The van der Waals surface area contributed by atoms with E-state index < -0.39 is 0 Å². The van der Waals surface area contributed by atoms with Crippen molar-refractivity contribution in [3.05, 3.63) is 34.9 Å². The molecule has 0 spiro atoms. The highest BCUT2D eigenvalue weighted by Crippen LogP contribution is 2.28. The van der Waals surface area contributed by atoms with E-state index in [4.69, 9.17) is 22.5 Å². The monoisotopic (exact) mass is 267 g/mol. The molecule has 0 saturated heterocycles. The van der Waals surface area contributed by atoms with Gasteiger partial charge >= 0.3 is 0 Å². The van der Waals surface area contributed by atoms with Crippen LogP contribution in [0.3, 0.4) is 0 Å². The third-order valence-corrected chi connectivity index (χ3v) is 3.40. The highest BCUT2D eigenvalue weighted by molar-refractivity contribution is 6.30. The maximum absolute atomic E-state index is 8.55. The van der Waals surface area contributed by atoms with Gasteiger partial charge in [-0.2, -0.15) is 0 Å². The molecule has 1 fully saturated rings. The largest absolute Gasteiger partial charge is 0.409 e. The fraction of sp³-hybridized carbons (Fsp3) is 0.462. The van der Waals surface area contributed by atoms with Crippen molar-refractivity contribution >= 4 is 17.4 Å². The molecule has 0 radical (unpaired) electrons. The Hall–Kier alpha value is -1.26. The van der Waals surface area contributed by atoms with Crippen LogP contribution < -0.4 is 5.73 Å². The second-order valence-corrected chi connectivity index (χ2v) is 5.11. The van der Waals surface area contributed by atoms with Crippen LogP contribution in [0.25, 0.3) is 0 Å². The zero-order valence-electron chi connectivity index (χ0n) is 10.2. The molecule has 98 valence electrons. The number of halogens is 1. The van der Waals surface area contributed by atoms with Crippen molar-refractivity contribution in [3.63, 3.8) is 0 Å². The number of nitrogens with two attached hydrogens (primary N) is 1. The maximum Gasteiger partial charge on any atom is 0.140 e. The average Bonchev–Trinajstić information content (AvgIpc) is 3.20. The quantitative estimate of drug-likeness (QED) is 0.360. The van der Waals surface area contributed by atoms with Gasteiger partial charge in [-0.05, 0) is 30.5 Å². The van der Waals surface area contributed by atoms with Crippen LogP contribution in [-0.4, -0.2) is 28.5 Å². The summed E-state index contributed by atoms with van der Waals surface area (Å²) < 4.78 is 0. The Kier molecular flexibility index (Phi) is 4.44. The zero-order chi connectivity index (χ0) is 13.0. The Labute approximate surface area is 112 Å². The van der Waals surface area contributed by atoms with E-state index in [0.29, 0.717) is 12.5 Å². The lowest BCUT2D eigenvalue weighted by Gasteiger charge is -2.21. The molecule has 0 bridgehead atoms. The molecule has 5 heteroatoms. The summed E-state index contributed by atoms with van der Waals surface area (Å²) >= 11 is 5.87. The minimum absolute atomic E-state index is 0.289. The Morgan fingerprint density at radius 3 is 2.61 bits per heavy atom. The van der Waals surface area contributed by atoms with Crippen LogP contribution in [0.15, 0.2) is 29.4 Å². The van der Waals surface area contributed by atoms with Gasteiger partial charge < -0.3 is 10.9 Å². The first-order chi connectivity index (χ1) is 8.69. The molecule has 0 aromatic heterocycles. The van der Waals surface area contributed by atoms with Crippen LogP contribution in [0.5, 0.6) is 0 Å². The van der Waals surface area contributed by atoms with E-state index in [2.05, 4.69) is 10.1 Å². The van der Waals surface area contributed by atoms with Crippen LogP contribution in [0.2, 0.25) is 5.02 Å². The summed E-state index contributed by atoms with van der Waals surface area (Å²) in [7, 11) is 0. The van der Waals surface area contributed by atoms with Crippen LogP contribution in [0.4, 0.5) is 0 Å². The molecule has 0 heterocycles. The fourth-order valence-electron chi connectivity index (χ4n) is 1.96. The normalized spacial score (nSPS) is 16.2. The summed E-state index contributed by atoms with van der Waals surface area (Å²) in [4.78, 5) is 2.38. The molecule has 4 nitrogen and oxygen atoms in total. The standard InChI is InChI=1S/C13H18ClN3O/c14-11-3-1-10(2-4-11)9-17(12-5-6-12)8-7-13(15)16-18/h1-4,12,18H,5-9H2,(H2,15,16). The van der Waals surface area contributed by atoms with Gasteiger partial charge in [0.15, 0.2) is 0 Å². The van der Waals surface area contributed by atoms with E-state index in [-0.39, 0.29) is 5.84 Å². The second kappa shape index (κ2) is 6.07. The van der Waals surface area contributed by atoms with E-state index in [1.54, 1.807) is 0 Å². The van der Waals surface area contributed by atoms with Gasteiger partial charge in [-0.25, -0.2) is 0 Å². The molecular weight excluding hydrogens is 250 g/mol. The first-order valence-corrected chi connectivity index (χ1v) is 6.51. The highest BCUT2D eigenvalue weighted by atomic mass is 35.5. The summed E-state index contributed by atoms with van der Waals surface area (Å²) in [6, 6.07) is 8.55. The van der Waals surface area contributed by atoms with Gasteiger partial charge in [0.1, 0.15) is 5.84 Å². The summed E-state index contributed by atoms with van der Waals surface area (Å²) in [5, 5.41) is 12.3. The molecule has 1 aromatic carbocycles. The van der Waals surface area contributed by atoms with Gasteiger partial charge in [0.25, 0.3) is 0 Å². The molecule has 2 rings (SSSR count). The van der Waals surface area contributed by atoms with Gasteiger partial charge in [0.2, 0.25) is 0 Å². The van der Waals surface area contributed by atoms with Crippen molar-refractivity contribution < 1.29 is 5.21 Å². The van der Waals surface area contributed by atoms with Gasteiger partial charge in [0, 0.05) is 30.6 Å². The van der Waals surface area contributed by atoms with Crippen LogP contribution in [0.1, 0.15) is 24.8 Å².